The second kappa shape index (κ2) is 4.49. The normalized spacial score (nSPS) is 10.4. The third-order valence-electron chi connectivity index (χ3n) is 2.37. The van der Waals surface area contributed by atoms with Crippen LogP contribution in [0, 0.1) is 6.92 Å². The summed E-state index contributed by atoms with van der Waals surface area (Å²) >= 11 is 5.86. The molecule has 2 aromatic rings. The predicted molar refractivity (Wildman–Crippen MR) is 63.8 cm³/mol. The zero-order valence-electron chi connectivity index (χ0n) is 8.85. The van der Waals surface area contributed by atoms with Gasteiger partial charge in [0.25, 0.3) is 5.56 Å². The first kappa shape index (κ1) is 10.9. The van der Waals surface area contributed by atoms with Gasteiger partial charge in [-0.3, -0.25) is 9.78 Å². The topological polar surface area (TPSA) is 34.9 Å². The molecule has 4 heteroatoms. The van der Waals surface area contributed by atoms with Crippen molar-refractivity contribution in [2.45, 2.75) is 13.5 Å². The second-order valence-corrected chi connectivity index (χ2v) is 3.99. The largest absolute Gasteiger partial charge is 0.307 e. The van der Waals surface area contributed by atoms with Gasteiger partial charge >= 0.3 is 0 Å². The molecule has 0 saturated heterocycles. The Labute approximate surface area is 98.3 Å². The number of nitrogens with zero attached hydrogens (tertiary/aromatic N) is 2. The van der Waals surface area contributed by atoms with Crippen molar-refractivity contribution in [3.63, 3.8) is 0 Å². The maximum absolute atomic E-state index is 11.6. The van der Waals surface area contributed by atoms with E-state index in [1.807, 2.05) is 13.0 Å². The smallest absolute Gasteiger partial charge is 0.251 e. The van der Waals surface area contributed by atoms with Gasteiger partial charge in [-0.05, 0) is 25.1 Å². The quantitative estimate of drug-likeness (QED) is 0.799. The molecule has 0 aliphatic rings. The molecule has 0 spiro atoms. The Morgan fingerprint density at radius 1 is 1.38 bits per heavy atom. The molecule has 0 aliphatic heterocycles. The Kier molecular flexibility index (Phi) is 3.06. The summed E-state index contributed by atoms with van der Waals surface area (Å²) in [5, 5.41) is 0.631. The zero-order valence-corrected chi connectivity index (χ0v) is 9.61. The van der Waals surface area contributed by atoms with Gasteiger partial charge in [0.15, 0.2) is 0 Å². The molecule has 0 aliphatic carbocycles. The second-order valence-electron chi connectivity index (χ2n) is 3.56. The van der Waals surface area contributed by atoms with Crippen LogP contribution in [0.5, 0.6) is 0 Å². The lowest BCUT2D eigenvalue weighted by Crippen LogP contribution is -2.21. The van der Waals surface area contributed by atoms with Gasteiger partial charge in [-0.2, -0.15) is 0 Å². The van der Waals surface area contributed by atoms with Crippen molar-refractivity contribution in [1.82, 2.24) is 9.55 Å². The van der Waals surface area contributed by atoms with Gasteiger partial charge in [-0.1, -0.05) is 17.7 Å². The number of pyridine rings is 2. The van der Waals surface area contributed by atoms with E-state index in [-0.39, 0.29) is 5.56 Å². The summed E-state index contributed by atoms with van der Waals surface area (Å²) in [4.78, 5) is 15.8. The summed E-state index contributed by atoms with van der Waals surface area (Å²) in [7, 11) is 0. The van der Waals surface area contributed by atoms with E-state index in [0.29, 0.717) is 11.6 Å². The average molecular weight is 235 g/mol. The van der Waals surface area contributed by atoms with Crippen LogP contribution in [0.15, 0.2) is 41.3 Å². The van der Waals surface area contributed by atoms with Gasteiger partial charge in [0.05, 0.1) is 12.2 Å². The van der Waals surface area contributed by atoms with Crippen molar-refractivity contribution in [1.29, 1.82) is 0 Å². The number of aromatic nitrogens is 2. The molecule has 2 aromatic heterocycles. The molecule has 0 amide bonds. The van der Waals surface area contributed by atoms with Crippen molar-refractivity contribution in [3.8, 4) is 0 Å². The Morgan fingerprint density at radius 3 is 2.88 bits per heavy atom. The molecule has 0 aromatic carbocycles. The highest BCUT2D eigenvalue weighted by molar-refractivity contribution is 6.30. The first-order valence-electron chi connectivity index (χ1n) is 4.94. The van der Waals surface area contributed by atoms with Crippen LogP contribution in [0.4, 0.5) is 0 Å². The number of hydrogen-bond donors (Lipinski definition) is 0. The van der Waals surface area contributed by atoms with Gasteiger partial charge in [0.1, 0.15) is 0 Å². The molecule has 2 heterocycles. The Balaban J connectivity index is 2.38. The van der Waals surface area contributed by atoms with Gasteiger partial charge < -0.3 is 4.57 Å². The minimum Gasteiger partial charge on any atom is -0.307 e. The van der Waals surface area contributed by atoms with Crippen molar-refractivity contribution < 1.29 is 0 Å². The van der Waals surface area contributed by atoms with Gasteiger partial charge in [-0.25, -0.2) is 0 Å². The Morgan fingerprint density at radius 2 is 2.19 bits per heavy atom. The molecular formula is C12H11ClN2O. The maximum atomic E-state index is 11.6. The molecule has 0 unspecified atom stereocenters. The highest BCUT2D eigenvalue weighted by Crippen LogP contribution is 2.09. The third-order valence-corrected chi connectivity index (χ3v) is 2.60. The van der Waals surface area contributed by atoms with Crippen LogP contribution in [0.1, 0.15) is 11.4 Å². The molecule has 0 fully saturated rings. The fourth-order valence-electron chi connectivity index (χ4n) is 1.52. The lowest BCUT2D eigenvalue weighted by Gasteiger charge is -2.08. The third kappa shape index (κ3) is 2.31. The first-order valence-corrected chi connectivity index (χ1v) is 5.31. The highest BCUT2D eigenvalue weighted by Gasteiger charge is 2.02. The molecule has 3 nitrogen and oxygen atoms in total. The Bertz CT molecular complexity index is 563. The molecule has 0 atom stereocenters. The van der Waals surface area contributed by atoms with Crippen LogP contribution < -0.4 is 5.56 Å². The van der Waals surface area contributed by atoms with E-state index in [2.05, 4.69) is 4.98 Å². The van der Waals surface area contributed by atoms with Gasteiger partial charge in [0.2, 0.25) is 0 Å². The van der Waals surface area contributed by atoms with E-state index >= 15 is 0 Å². The fourth-order valence-corrected chi connectivity index (χ4v) is 1.71. The van der Waals surface area contributed by atoms with E-state index in [1.54, 1.807) is 29.0 Å². The van der Waals surface area contributed by atoms with E-state index < -0.39 is 0 Å². The summed E-state index contributed by atoms with van der Waals surface area (Å²) in [6, 6.07) is 8.66. The summed E-state index contributed by atoms with van der Waals surface area (Å²) in [6.45, 7) is 2.35. The number of aryl methyl sites for hydroxylation is 1. The molecule has 0 radical (unpaired) electrons. The minimum atomic E-state index is -0.0261. The molecule has 2 rings (SSSR count). The van der Waals surface area contributed by atoms with E-state index in [1.165, 1.54) is 6.07 Å². The summed E-state index contributed by atoms with van der Waals surface area (Å²) in [5.41, 5.74) is 1.67. The average Bonchev–Trinajstić information content (AvgIpc) is 2.24. The monoisotopic (exact) mass is 234 g/mol. The van der Waals surface area contributed by atoms with E-state index in [9.17, 15) is 4.79 Å². The van der Waals surface area contributed by atoms with Crippen molar-refractivity contribution in [3.05, 3.63) is 63.3 Å². The number of hydrogen-bond acceptors (Lipinski definition) is 2. The van der Waals surface area contributed by atoms with Crippen molar-refractivity contribution in [2.24, 2.45) is 0 Å². The standard InChI is InChI=1S/C12H11ClN2O/c1-9-3-2-4-12(16)15(9)8-11-7-10(13)5-6-14-11/h2-7H,8H2,1H3. The highest BCUT2D eigenvalue weighted by atomic mass is 35.5. The molecule has 0 saturated carbocycles. The molecule has 16 heavy (non-hydrogen) atoms. The Hall–Kier alpha value is -1.61. The van der Waals surface area contributed by atoms with Gasteiger partial charge in [-0.15, -0.1) is 0 Å². The lowest BCUT2D eigenvalue weighted by molar-refractivity contribution is 0.713. The van der Waals surface area contributed by atoms with Crippen LogP contribution in [0.3, 0.4) is 0 Å². The number of rotatable bonds is 2. The van der Waals surface area contributed by atoms with Crippen LogP contribution >= 0.6 is 11.6 Å². The molecule has 82 valence electrons. The van der Waals surface area contributed by atoms with Crippen molar-refractivity contribution in [2.75, 3.05) is 0 Å². The van der Waals surface area contributed by atoms with Crippen LogP contribution in [0.2, 0.25) is 5.02 Å². The maximum Gasteiger partial charge on any atom is 0.251 e. The van der Waals surface area contributed by atoms with Crippen molar-refractivity contribution >= 4 is 11.6 Å². The van der Waals surface area contributed by atoms with E-state index in [0.717, 1.165) is 11.4 Å². The van der Waals surface area contributed by atoms with Crippen LogP contribution in [0.25, 0.3) is 0 Å². The summed E-state index contributed by atoms with van der Waals surface area (Å²) in [5.74, 6) is 0. The molecule has 0 N–H and O–H groups in total. The lowest BCUT2D eigenvalue weighted by atomic mass is 10.3. The fraction of sp³-hybridized carbons (Fsp3) is 0.167. The molecular weight excluding hydrogens is 224 g/mol. The summed E-state index contributed by atoms with van der Waals surface area (Å²) in [6.07, 6.45) is 1.64. The van der Waals surface area contributed by atoms with Gasteiger partial charge in [0, 0.05) is 23.0 Å². The van der Waals surface area contributed by atoms with Crippen LogP contribution in [-0.4, -0.2) is 9.55 Å². The zero-order chi connectivity index (χ0) is 11.5. The van der Waals surface area contributed by atoms with E-state index in [4.69, 9.17) is 11.6 Å². The number of halogens is 1. The minimum absolute atomic E-state index is 0.0261. The van der Waals surface area contributed by atoms with Crippen LogP contribution in [-0.2, 0) is 6.54 Å². The predicted octanol–water partition coefficient (Wildman–Crippen LogP) is 2.25. The summed E-state index contributed by atoms with van der Waals surface area (Å²) < 4.78 is 1.67. The SMILES string of the molecule is Cc1cccc(=O)n1Cc1cc(Cl)ccn1. The molecule has 0 bridgehead atoms. The first-order chi connectivity index (χ1) is 7.66.